The van der Waals surface area contributed by atoms with Gasteiger partial charge in [0.25, 0.3) is 0 Å². The highest BCUT2D eigenvalue weighted by atomic mass is 32.2. The first-order valence-electron chi connectivity index (χ1n) is 10.6. The Morgan fingerprint density at radius 3 is 2.66 bits per heavy atom. The molecule has 0 unspecified atom stereocenters. The van der Waals surface area contributed by atoms with Crippen molar-refractivity contribution in [3.8, 4) is 17.6 Å². The monoisotopic (exact) mass is 450 g/mol. The number of aryl methyl sites for hydroxylation is 1. The maximum atomic E-state index is 13.3. The van der Waals surface area contributed by atoms with Gasteiger partial charge in [0, 0.05) is 17.9 Å². The number of carbonyl (C=O) groups excluding carboxylic acids is 1. The lowest BCUT2D eigenvalue weighted by molar-refractivity contribution is -0.149. The number of rotatable bonds is 6. The fraction of sp³-hybridized carbons (Fsp3) is 0.360. The van der Waals surface area contributed by atoms with Crippen molar-refractivity contribution in [1.29, 1.82) is 5.26 Å². The van der Waals surface area contributed by atoms with Gasteiger partial charge in [-0.25, -0.2) is 0 Å². The van der Waals surface area contributed by atoms with Gasteiger partial charge in [0.05, 0.1) is 36.1 Å². The minimum Gasteiger partial charge on any atom is -0.493 e. The highest BCUT2D eigenvalue weighted by Gasteiger charge is 2.51. The molecule has 2 heterocycles. The van der Waals surface area contributed by atoms with Gasteiger partial charge in [-0.1, -0.05) is 42.8 Å². The van der Waals surface area contributed by atoms with Crippen LogP contribution < -0.4 is 9.47 Å². The number of hydrogen-bond donors (Lipinski definition) is 1. The third-order valence-corrected chi connectivity index (χ3v) is 7.10. The molecule has 2 atom stereocenters. The predicted molar refractivity (Wildman–Crippen MR) is 123 cm³/mol. The number of benzene rings is 2. The summed E-state index contributed by atoms with van der Waals surface area (Å²) in [6.07, 6.45) is 0.975. The molecule has 0 saturated carbocycles. The van der Waals surface area contributed by atoms with E-state index >= 15 is 0 Å². The number of nitrogens with zero attached hydrogens (tertiary/aromatic N) is 2. The summed E-state index contributed by atoms with van der Waals surface area (Å²) in [6.45, 7) is 4.58. The van der Waals surface area contributed by atoms with E-state index in [4.69, 9.17) is 9.47 Å². The Hall–Kier alpha value is -2.95. The smallest absolute Gasteiger partial charge is 0.231 e. The van der Waals surface area contributed by atoms with Crippen molar-refractivity contribution >= 4 is 17.7 Å². The third-order valence-electron chi connectivity index (χ3n) is 5.88. The molecule has 0 aliphatic carbocycles. The SMILES string of the molecule is CCCOc1ccc([C@H]2CC(=O)N3C(=C2C#N)SC[C@]3(O)c2ccc(C)cc2)cc1OC. The summed E-state index contributed by atoms with van der Waals surface area (Å²) in [4.78, 5) is 14.7. The van der Waals surface area contributed by atoms with Gasteiger partial charge in [0.1, 0.15) is 0 Å². The Morgan fingerprint density at radius 2 is 2.00 bits per heavy atom. The Kier molecular flexibility index (Phi) is 6.18. The second-order valence-corrected chi connectivity index (χ2v) is 9.01. The van der Waals surface area contributed by atoms with E-state index in [0.717, 1.165) is 17.5 Å². The molecule has 1 amide bonds. The minimum atomic E-state index is -1.46. The fourth-order valence-corrected chi connectivity index (χ4v) is 5.54. The minimum absolute atomic E-state index is 0.0967. The van der Waals surface area contributed by atoms with Gasteiger partial charge >= 0.3 is 0 Å². The van der Waals surface area contributed by atoms with Crippen molar-refractivity contribution in [2.75, 3.05) is 19.5 Å². The zero-order chi connectivity index (χ0) is 22.9. The van der Waals surface area contributed by atoms with Crippen LogP contribution in [0.15, 0.2) is 53.1 Å². The largest absolute Gasteiger partial charge is 0.493 e. The van der Waals surface area contributed by atoms with E-state index in [0.29, 0.717) is 34.3 Å². The Balaban J connectivity index is 1.73. The maximum Gasteiger partial charge on any atom is 0.231 e. The van der Waals surface area contributed by atoms with Crippen LogP contribution in [0.3, 0.4) is 0 Å². The van der Waals surface area contributed by atoms with E-state index in [2.05, 4.69) is 6.07 Å². The lowest BCUT2D eigenvalue weighted by atomic mass is 9.85. The molecule has 2 aromatic rings. The highest BCUT2D eigenvalue weighted by Crippen LogP contribution is 2.52. The second kappa shape index (κ2) is 8.89. The molecule has 32 heavy (non-hydrogen) atoms. The molecule has 166 valence electrons. The van der Waals surface area contributed by atoms with Crippen LogP contribution in [0, 0.1) is 18.3 Å². The molecule has 4 rings (SSSR count). The lowest BCUT2D eigenvalue weighted by Crippen LogP contribution is -2.48. The van der Waals surface area contributed by atoms with Crippen molar-refractivity contribution in [2.24, 2.45) is 0 Å². The van der Waals surface area contributed by atoms with E-state index in [1.54, 1.807) is 7.11 Å². The first-order valence-corrected chi connectivity index (χ1v) is 11.6. The number of nitriles is 1. The van der Waals surface area contributed by atoms with Gasteiger partial charge in [0.15, 0.2) is 17.2 Å². The van der Waals surface area contributed by atoms with Gasteiger partial charge in [-0.2, -0.15) is 5.26 Å². The number of methoxy groups -OCH3 is 1. The van der Waals surface area contributed by atoms with Crippen molar-refractivity contribution in [3.05, 3.63) is 69.8 Å². The summed E-state index contributed by atoms with van der Waals surface area (Å²) in [5.74, 6) is 0.880. The van der Waals surface area contributed by atoms with Gasteiger partial charge in [-0.15, -0.1) is 11.8 Å². The topological polar surface area (TPSA) is 82.8 Å². The Morgan fingerprint density at radius 1 is 1.25 bits per heavy atom. The van der Waals surface area contributed by atoms with Crippen LogP contribution in [0.25, 0.3) is 0 Å². The van der Waals surface area contributed by atoms with E-state index < -0.39 is 11.6 Å². The summed E-state index contributed by atoms with van der Waals surface area (Å²) in [6, 6.07) is 15.4. The van der Waals surface area contributed by atoms with Crippen LogP contribution in [-0.4, -0.2) is 35.4 Å². The molecular formula is C25H26N2O4S. The normalized spacial score (nSPS) is 22.5. The maximum absolute atomic E-state index is 13.3. The van der Waals surface area contributed by atoms with Gasteiger partial charge < -0.3 is 14.6 Å². The van der Waals surface area contributed by atoms with Gasteiger partial charge in [0.2, 0.25) is 5.91 Å². The lowest BCUT2D eigenvalue weighted by Gasteiger charge is -2.38. The zero-order valence-electron chi connectivity index (χ0n) is 18.4. The first kappa shape index (κ1) is 22.3. The van der Waals surface area contributed by atoms with Crippen molar-refractivity contribution in [3.63, 3.8) is 0 Å². The van der Waals surface area contributed by atoms with E-state index in [9.17, 15) is 15.2 Å². The second-order valence-electron chi connectivity index (χ2n) is 8.05. The highest BCUT2D eigenvalue weighted by molar-refractivity contribution is 8.03. The van der Waals surface area contributed by atoms with Crippen LogP contribution >= 0.6 is 11.8 Å². The first-order chi connectivity index (χ1) is 15.4. The van der Waals surface area contributed by atoms with Crippen molar-refractivity contribution in [2.45, 2.75) is 38.3 Å². The number of thioether (sulfide) groups is 1. The molecule has 6 nitrogen and oxygen atoms in total. The molecule has 0 bridgehead atoms. The number of ether oxygens (including phenoxy) is 2. The molecule has 2 aliphatic heterocycles. The average molecular weight is 451 g/mol. The number of amides is 1. The van der Waals surface area contributed by atoms with Gasteiger partial charge in [-0.05, 0) is 31.0 Å². The van der Waals surface area contributed by atoms with Crippen LogP contribution in [0.2, 0.25) is 0 Å². The quantitative estimate of drug-likeness (QED) is 0.701. The number of allylic oxidation sites excluding steroid dienone is 1. The molecule has 0 aromatic heterocycles. The number of carbonyl (C=O) groups is 1. The van der Waals surface area contributed by atoms with Crippen LogP contribution in [0.5, 0.6) is 11.5 Å². The number of hydrogen-bond acceptors (Lipinski definition) is 6. The third kappa shape index (κ3) is 3.74. The Bertz CT molecular complexity index is 1110. The summed E-state index contributed by atoms with van der Waals surface area (Å²) < 4.78 is 11.2. The number of fused-ring (bicyclic) bond motifs is 1. The molecule has 0 spiro atoms. The van der Waals surface area contributed by atoms with Crippen LogP contribution in [0.4, 0.5) is 0 Å². The van der Waals surface area contributed by atoms with E-state index in [1.807, 2.05) is 56.3 Å². The Labute approximate surface area is 192 Å². The molecule has 1 saturated heterocycles. The molecular weight excluding hydrogens is 424 g/mol. The van der Waals surface area contributed by atoms with Crippen molar-refractivity contribution < 1.29 is 19.4 Å². The summed E-state index contributed by atoms with van der Waals surface area (Å²) in [5.41, 5.74) is 1.56. The van der Waals surface area contributed by atoms with Gasteiger partial charge in [-0.3, -0.25) is 9.69 Å². The standard InChI is InChI=1S/C25H26N2O4S/c1-4-11-31-21-10-7-17(12-22(21)30-3)19-13-23(28)27-24(20(19)14-26)32-15-25(27,29)18-8-5-16(2)6-9-18/h5-10,12,19,29H,4,11,13,15H2,1-3H3/t19-,25+/m1/s1. The molecule has 1 N–H and O–H groups in total. The van der Waals surface area contributed by atoms with Crippen LogP contribution in [0.1, 0.15) is 42.4 Å². The van der Waals surface area contributed by atoms with Crippen LogP contribution in [-0.2, 0) is 10.5 Å². The molecule has 1 fully saturated rings. The van der Waals surface area contributed by atoms with E-state index in [1.165, 1.54) is 16.7 Å². The summed E-state index contributed by atoms with van der Waals surface area (Å²) >= 11 is 1.35. The zero-order valence-corrected chi connectivity index (χ0v) is 19.2. The molecule has 7 heteroatoms. The predicted octanol–water partition coefficient (Wildman–Crippen LogP) is 4.44. The molecule has 2 aromatic carbocycles. The average Bonchev–Trinajstić information content (AvgIpc) is 3.17. The molecule has 0 radical (unpaired) electrons. The van der Waals surface area contributed by atoms with E-state index in [-0.39, 0.29) is 18.1 Å². The number of aliphatic hydroxyl groups is 1. The molecule has 2 aliphatic rings. The summed E-state index contributed by atoms with van der Waals surface area (Å²) in [5, 5.41) is 22.1. The van der Waals surface area contributed by atoms with Crippen molar-refractivity contribution in [1.82, 2.24) is 4.90 Å². The fourth-order valence-electron chi connectivity index (χ4n) is 4.18. The summed E-state index contributed by atoms with van der Waals surface area (Å²) in [7, 11) is 1.57.